The normalized spacial score (nSPS) is 15.5. The third-order valence-electron chi connectivity index (χ3n) is 3.69. The van der Waals surface area contributed by atoms with Crippen molar-refractivity contribution in [1.29, 1.82) is 0 Å². The average molecular weight is 378 g/mol. The zero-order valence-electron chi connectivity index (χ0n) is 12.9. The molecule has 10 heteroatoms. The molecule has 1 aromatic rings. The fourth-order valence-electron chi connectivity index (χ4n) is 2.39. The number of piperidine rings is 1. The number of halogens is 4. The molecule has 1 saturated heterocycles. The largest absolute Gasteiger partial charge is 0.418 e. The van der Waals surface area contributed by atoms with Crippen molar-refractivity contribution in [2.45, 2.75) is 19.0 Å². The monoisotopic (exact) mass is 377 g/mol. The number of carbonyl (C=O) groups excluding carboxylic acids is 3. The zero-order chi connectivity index (χ0) is 18.6. The van der Waals surface area contributed by atoms with E-state index in [1.807, 2.05) is 10.6 Å². The van der Waals surface area contributed by atoms with Crippen molar-refractivity contribution in [3.05, 3.63) is 28.8 Å². The molecule has 136 valence electrons. The highest BCUT2D eigenvalue weighted by Crippen LogP contribution is 2.36. The lowest BCUT2D eigenvalue weighted by Crippen LogP contribution is -2.44. The maximum Gasteiger partial charge on any atom is 0.418 e. The Labute approximate surface area is 146 Å². The Morgan fingerprint density at radius 1 is 1.12 bits per heavy atom. The molecule has 1 fully saturated rings. The Balaban J connectivity index is 2.04. The highest BCUT2D eigenvalue weighted by molar-refractivity contribution is 6.42. The number of imide groups is 1. The molecule has 0 bridgehead atoms. The minimum absolute atomic E-state index is 0.170. The number of anilines is 1. The van der Waals surface area contributed by atoms with Crippen LogP contribution in [0.25, 0.3) is 0 Å². The van der Waals surface area contributed by atoms with Gasteiger partial charge in [0.05, 0.1) is 11.3 Å². The van der Waals surface area contributed by atoms with Crippen molar-refractivity contribution in [3.8, 4) is 0 Å². The summed E-state index contributed by atoms with van der Waals surface area (Å²) in [6.07, 6.45) is -3.75. The summed E-state index contributed by atoms with van der Waals surface area (Å²) in [6.45, 7) is 1.22. The zero-order valence-corrected chi connectivity index (χ0v) is 13.6. The van der Waals surface area contributed by atoms with Crippen LogP contribution in [-0.4, -0.2) is 30.8 Å². The lowest BCUT2D eigenvalue weighted by Gasteiger charge is -2.21. The number of benzene rings is 1. The second-order valence-corrected chi connectivity index (χ2v) is 5.92. The Kier molecular flexibility index (Phi) is 6.02. The van der Waals surface area contributed by atoms with Gasteiger partial charge in [0, 0.05) is 10.9 Å². The highest BCUT2D eigenvalue weighted by Gasteiger charge is 2.35. The lowest BCUT2D eigenvalue weighted by molar-refractivity contribution is -0.141. The van der Waals surface area contributed by atoms with Crippen molar-refractivity contribution in [3.63, 3.8) is 0 Å². The maximum absolute atomic E-state index is 13.0. The van der Waals surface area contributed by atoms with Gasteiger partial charge >= 0.3 is 18.0 Å². The van der Waals surface area contributed by atoms with Crippen LogP contribution >= 0.6 is 11.6 Å². The molecule has 1 aromatic carbocycles. The SMILES string of the molecule is O=C(NC(=O)C1CCNCC1)C(=O)Nc1ccc(Cl)cc1C(F)(F)F. The molecular formula is C15H15ClF3N3O3. The standard InChI is InChI=1S/C15H15ClF3N3O3/c16-9-1-2-11(10(7-9)15(17,18)19)21-13(24)14(25)22-12(23)8-3-5-20-6-4-8/h1-2,7-8,20H,3-6H2,(H,21,24)(H,22,23,25). The van der Waals surface area contributed by atoms with Crippen molar-refractivity contribution >= 4 is 35.0 Å². The van der Waals surface area contributed by atoms with Gasteiger partial charge in [0.25, 0.3) is 0 Å². The lowest BCUT2D eigenvalue weighted by atomic mass is 9.97. The number of carbonyl (C=O) groups is 3. The first-order chi connectivity index (χ1) is 11.7. The van der Waals surface area contributed by atoms with Crippen LogP contribution in [0.2, 0.25) is 5.02 Å². The van der Waals surface area contributed by atoms with E-state index in [0.717, 1.165) is 12.1 Å². The van der Waals surface area contributed by atoms with Crippen LogP contribution in [0.5, 0.6) is 0 Å². The molecule has 0 aliphatic carbocycles. The van der Waals surface area contributed by atoms with Crippen molar-refractivity contribution in [1.82, 2.24) is 10.6 Å². The fraction of sp³-hybridized carbons (Fsp3) is 0.400. The van der Waals surface area contributed by atoms with E-state index in [2.05, 4.69) is 5.32 Å². The summed E-state index contributed by atoms with van der Waals surface area (Å²) in [5.41, 5.74) is -1.81. The van der Waals surface area contributed by atoms with Crippen LogP contribution in [-0.2, 0) is 20.6 Å². The molecule has 1 heterocycles. The molecule has 1 aliphatic heterocycles. The van der Waals surface area contributed by atoms with Gasteiger partial charge in [-0.1, -0.05) is 11.6 Å². The molecular weight excluding hydrogens is 363 g/mol. The predicted molar refractivity (Wildman–Crippen MR) is 83.8 cm³/mol. The number of hydrogen-bond acceptors (Lipinski definition) is 4. The Bertz CT molecular complexity index is 688. The summed E-state index contributed by atoms with van der Waals surface area (Å²) < 4.78 is 38.9. The number of alkyl halides is 3. The molecule has 25 heavy (non-hydrogen) atoms. The first-order valence-corrected chi connectivity index (χ1v) is 7.80. The fourth-order valence-corrected chi connectivity index (χ4v) is 2.57. The van der Waals surface area contributed by atoms with Crippen LogP contribution in [0, 0.1) is 5.92 Å². The minimum atomic E-state index is -4.77. The molecule has 0 saturated carbocycles. The summed E-state index contributed by atoms with van der Waals surface area (Å²) in [5.74, 6) is -3.71. The van der Waals surface area contributed by atoms with Crippen LogP contribution in [0.15, 0.2) is 18.2 Å². The van der Waals surface area contributed by atoms with E-state index in [4.69, 9.17) is 11.6 Å². The van der Waals surface area contributed by atoms with E-state index in [0.29, 0.717) is 32.0 Å². The Morgan fingerprint density at radius 2 is 1.76 bits per heavy atom. The summed E-state index contributed by atoms with van der Waals surface area (Å²) in [6, 6.07) is 2.71. The smallest absolute Gasteiger partial charge is 0.317 e. The molecule has 0 radical (unpaired) electrons. The third kappa shape index (κ3) is 5.17. The first kappa shape index (κ1) is 19.2. The number of amides is 3. The van der Waals surface area contributed by atoms with Gasteiger partial charge in [0.1, 0.15) is 0 Å². The molecule has 0 aromatic heterocycles. The summed E-state index contributed by atoms with van der Waals surface area (Å²) >= 11 is 5.54. The topological polar surface area (TPSA) is 87.3 Å². The third-order valence-corrected chi connectivity index (χ3v) is 3.92. The highest BCUT2D eigenvalue weighted by atomic mass is 35.5. The van der Waals surface area contributed by atoms with Crippen LogP contribution in [0.4, 0.5) is 18.9 Å². The molecule has 0 spiro atoms. The van der Waals surface area contributed by atoms with Crippen LogP contribution in [0.1, 0.15) is 18.4 Å². The minimum Gasteiger partial charge on any atom is -0.317 e. The van der Waals surface area contributed by atoms with Gasteiger partial charge in [-0.3, -0.25) is 19.7 Å². The quantitative estimate of drug-likeness (QED) is 0.687. The first-order valence-electron chi connectivity index (χ1n) is 7.42. The van der Waals surface area contributed by atoms with Gasteiger partial charge in [-0.15, -0.1) is 0 Å². The second kappa shape index (κ2) is 7.83. The van der Waals surface area contributed by atoms with E-state index in [1.165, 1.54) is 0 Å². The van der Waals surface area contributed by atoms with Crippen molar-refractivity contribution in [2.75, 3.05) is 18.4 Å². The van der Waals surface area contributed by atoms with Gasteiger partial charge in [0.15, 0.2) is 0 Å². The number of hydrogen-bond donors (Lipinski definition) is 3. The number of nitrogens with one attached hydrogen (secondary N) is 3. The predicted octanol–water partition coefficient (Wildman–Crippen LogP) is 1.94. The summed E-state index contributed by atoms with van der Waals surface area (Å²) in [5, 5.41) is 6.64. The maximum atomic E-state index is 13.0. The average Bonchev–Trinajstić information content (AvgIpc) is 2.56. The van der Waals surface area contributed by atoms with Crippen LogP contribution < -0.4 is 16.0 Å². The molecule has 1 aliphatic rings. The molecule has 0 unspecified atom stereocenters. The van der Waals surface area contributed by atoms with Gasteiger partial charge in [0.2, 0.25) is 5.91 Å². The summed E-state index contributed by atoms with van der Waals surface area (Å²) in [7, 11) is 0. The molecule has 2 rings (SSSR count). The van der Waals surface area contributed by atoms with Gasteiger partial charge < -0.3 is 10.6 Å². The van der Waals surface area contributed by atoms with E-state index >= 15 is 0 Å². The van der Waals surface area contributed by atoms with E-state index in [9.17, 15) is 27.6 Å². The van der Waals surface area contributed by atoms with Gasteiger partial charge in [-0.2, -0.15) is 13.2 Å². The van der Waals surface area contributed by atoms with Gasteiger partial charge in [-0.25, -0.2) is 0 Å². The molecule has 3 N–H and O–H groups in total. The molecule has 0 atom stereocenters. The van der Waals surface area contributed by atoms with Crippen molar-refractivity contribution < 1.29 is 27.6 Å². The van der Waals surface area contributed by atoms with Gasteiger partial charge in [-0.05, 0) is 44.1 Å². The number of rotatable bonds is 2. The molecule has 3 amide bonds. The van der Waals surface area contributed by atoms with E-state index in [1.54, 1.807) is 0 Å². The molecule has 6 nitrogen and oxygen atoms in total. The van der Waals surface area contributed by atoms with E-state index < -0.39 is 41.1 Å². The Hall–Kier alpha value is -2.13. The summed E-state index contributed by atoms with van der Waals surface area (Å²) in [4.78, 5) is 35.5. The Morgan fingerprint density at radius 3 is 2.36 bits per heavy atom. The van der Waals surface area contributed by atoms with Crippen LogP contribution in [0.3, 0.4) is 0 Å². The second-order valence-electron chi connectivity index (χ2n) is 5.48. The van der Waals surface area contributed by atoms with Crippen molar-refractivity contribution in [2.24, 2.45) is 5.92 Å². The van der Waals surface area contributed by atoms with E-state index in [-0.39, 0.29) is 5.02 Å².